The summed E-state index contributed by atoms with van der Waals surface area (Å²) in [5.74, 6) is -2.07. The molecule has 0 aliphatic rings. The molecule has 0 spiro atoms. The smallest absolute Gasteiger partial charge is 0.416 e. The average molecular weight is 394 g/mol. The van der Waals surface area contributed by atoms with Gasteiger partial charge < -0.3 is 10.1 Å². The van der Waals surface area contributed by atoms with Crippen molar-refractivity contribution in [3.05, 3.63) is 71.3 Å². The molecule has 1 atom stereocenters. The van der Waals surface area contributed by atoms with E-state index in [1.807, 2.05) is 5.32 Å². The fourth-order valence-corrected chi connectivity index (χ4v) is 2.28. The van der Waals surface area contributed by atoms with Crippen molar-refractivity contribution in [1.29, 1.82) is 0 Å². The lowest BCUT2D eigenvalue weighted by Gasteiger charge is -2.18. The normalized spacial score (nSPS) is 12.0. The van der Waals surface area contributed by atoms with E-state index in [0.717, 1.165) is 18.2 Å². The number of rotatable bonds is 5. The van der Waals surface area contributed by atoms with Crippen LogP contribution >= 0.6 is 0 Å². The number of carbonyl (C=O) groups is 3. The second kappa shape index (κ2) is 9.03. The van der Waals surface area contributed by atoms with Gasteiger partial charge in [-0.25, -0.2) is 9.59 Å². The lowest BCUT2D eigenvalue weighted by Crippen LogP contribution is -2.42. The standard InChI is InChI=1S/C19H17F3N2O4/c1-2-23-18(27)24-16(25)15(12-7-4-3-5-8-12)28-17(26)13-9-6-10-14(11-13)19(20,21)22/h3-11,15H,2H2,1H3,(H2,23,24,25,27)/t15-/m0/s1. The van der Waals surface area contributed by atoms with Crippen molar-refractivity contribution in [2.24, 2.45) is 0 Å². The summed E-state index contributed by atoms with van der Waals surface area (Å²) in [6.07, 6.45) is -6.16. The number of halogens is 3. The second-order valence-corrected chi connectivity index (χ2v) is 5.62. The quantitative estimate of drug-likeness (QED) is 0.761. The van der Waals surface area contributed by atoms with Crippen LogP contribution in [0.25, 0.3) is 0 Å². The zero-order valence-electron chi connectivity index (χ0n) is 14.7. The maximum absolute atomic E-state index is 12.8. The van der Waals surface area contributed by atoms with Gasteiger partial charge in [-0.05, 0) is 25.1 Å². The van der Waals surface area contributed by atoms with E-state index in [1.54, 1.807) is 25.1 Å². The van der Waals surface area contributed by atoms with E-state index in [0.29, 0.717) is 6.07 Å². The van der Waals surface area contributed by atoms with E-state index in [2.05, 4.69) is 5.32 Å². The minimum atomic E-state index is -4.63. The molecule has 0 fully saturated rings. The molecule has 9 heteroatoms. The predicted molar refractivity (Wildman–Crippen MR) is 93.3 cm³/mol. The maximum Gasteiger partial charge on any atom is 0.416 e. The minimum Gasteiger partial charge on any atom is -0.444 e. The zero-order valence-corrected chi connectivity index (χ0v) is 14.7. The van der Waals surface area contributed by atoms with E-state index in [-0.39, 0.29) is 17.7 Å². The van der Waals surface area contributed by atoms with Crippen LogP contribution in [0.5, 0.6) is 0 Å². The molecule has 0 aliphatic carbocycles. The SMILES string of the molecule is CCNC(=O)NC(=O)[C@@H](OC(=O)c1cccc(C(F)(F)F)c1)c1ccccc1. The van der Waals surface area contributed by atoms with Crippen LogP contribution in [0.4, 0.5) is 18.0 Å². The lowest BCUT2D eigenvalue weighted by atomic mass is 10.1. The molecular weight excluding hydrogens is 377 g/mol. The maximum atomic E-state index is 12.8. The number of hydrogen-bond acceptors (Lipinski definition) is 4. The van der Waals surface area contributed by atoms with Gasteiger partial charge >= 0.3 is 18.2 Å². The summed E-state index contributed by atoms with van der Waals surface area (Å²) in [7, 11) is 0. The van der Waals surface area contributed by atoms with Crippen molar-refractivity contribution < 1.29 is 32.3 Å². The Bertz CT molecular complexity index is 854. The summed E-state index contributed by atoms with van der Waals surface area (Å²) in [5.41, 5.74) is -1.14. The Morgan fingerprint density at radius 1 is 1.04 bits per heavy atom. The molecule has 3 amide bonds. The Labute approximate surface area is 158 Å². The number of esters is 1. The highest BCUT2D eigenvalue weighted by Crippen LogP contribution is 2.30. The van der Waals surface area contributed by atoms with Crippen LogP contribution in [0, 0.1) is 0 Å². The molecule has 2 aromatic carbocycles. The first kappa shape index (κ1) is 20.9. The molecule has 0 unspecified atom stereocenters. The van der Waals surface area contributed by atoms with Crippen LogP contribution in [0.3, 0.4) is 0 Å². The molecule has 0 saturated heterocycles. The molecule has 0 heterocycles. The number of ether oxygens (including phenoxy) is 1. The number of carbonyl (C=O) groups excluding carboxylic acids is 3. The van der Waals surface area contributed by atoms with Gasteiger partial charge in [-0.1, -0.05) is 36.4 Å². The van der Waals surface area contributed by atoms with E-state index in [9.17, 15) is 27.6 Å². The third-order valence-electron chi connectivity index (χ3n) is 3.57. The zero-order chi connectivity index (χ0) is 20.7. The van der Waals surface area contributed by atoms with Gasteiger partial charge in [0.15, 0.2) is 0 Å². The first-order valence-corrected chi connectivity index (χ1v) is 8.24. The van der Waals surface area contributed by atoms with Crippen molar-refractivity contribution in [3.63, 3.8) is 0 Å². The fourth-order valence-electron chi connectivity index (χ4n) is 2.28. The molecule has 2 aromatic rings. The number of amides is 3. The predicted octanol–water partition coefficient (Wildman–Crippen LogP) is 3.45. The van der Waals surface area contributed by atoms with Crippen molar-refractivity contribution in [1.82, 2.24) is 10.6 Å². The number of benzene rings is 2. The van der Waals surface area contributed by atoms with Gasteiger partial charge in [0.25, 0.3) is 5.91 Å². The van der Waals surface area contributed by atoms with Crippen LogP contribution in [0.1, 0.15) is 34.5 Å². The summed E-state index contributed by atoms with van der Waals surface area (Å²) in [6.45, 7) is 1.91. The largest absolute Gasteiger partial charge is 0.444 e. The summed E-state index contributed by atoms with van der Waals surface area (Å²) < 4.78 is 43.7. The topological polar surface area (TPSA) is 84.5 Å². The first-order chi connectivity index (χ1) is 13.2. The Morgan fingerprint density at radius 2 is 1.71 bits per heavy atom. The van der Waals surface area contributed by atoms with Crippen LogP contribution < -0.4 is 10.6 Å². The number of alkyl halides is 3. The summed E-state index contributed by atoms with van der Waals surface area (Å²) in [5, 5.41) is 4.38. The Morgan fingerprint density at radius 3 is 2.32 bits per heavy atom. The summed E-state index contributed by atoms with van der Waals surface area (Å²) in [4.78, 5) is 36.3. The number of imide groups is 1. The fraction of sp³-hybridized carbons (Fsp3) is 0.211. The van der Waals surface area contributed by atoms with Crippen LogP contribution in [0.15, 0.2) is 54.6 Å². The van der Waals surface area contributed by atoms with Gasteiger partial charge in [0.05, 0.1) is 11.1 Å². The molecule has 0 radical (unpaired) electrons. The lowest BCUT2D eigenvalue weighted by molar-refractivity contribution is -0.137. The minimum absolute atomic E-state index is 0.254. The molecule has 6 nitrogen and oxygen atoms in total. The van der Waals surface area contributed by atoms with E-state index in [1.165, 1.54) is 12.1 Å². The summed E-state index contributed by atoms with van der Waals surface area (Å²) in [6, 6.07) is 10.7. The Hall–Kier alpha value is -3.36. The highest BCUT2D eigenvalue weighted by molar-refractivity contribution is 5.99. The van der Waals surface area contributed by atoms with E-state index >= 15 is 0 Å². The van der Waals surface area contributed by atoms with Gasteiger partial charge in [0.1, 0.15) is 0 Å². The first-order valence-electron chi connectivity index (χ1n) is 8.24. The molecule has 2 rings (SSSR count). The molecule has 2 N–H and O–H groups in total. The van der Waals surface area contributed by atoms with Crippen molar-refractivity contribution in [2.75, 3.05) is 6.54 Å². The van der Waals surface area contributed by atoms with Gasteiger partial charge in [-0.3, -0.25) is 10.1 Å². The van der Waals surface area contributed by atoms with Gasteiger partial charge in [0.2, 0.25) is 6.10 Å². The van der Waals surface area contributed by atoms with Crippen LogP contribution in [-0.2, 0) is 15.7 Å². The molecule has 0 aromatic heterocycles. The van der Waals surface area contributed by atoms with Crippen molar-refractivity contribution in [3.8, 4) is 0 Å². The van der Waals surface area contributed by atoms with Gasteiger partial charge in [-0.15, -0.1) is 0 Å². The third-order valence-corrected chi connectivity index (χ3v) is 3.57. The van der Waals surface area contributed by atoms with Crippen LogP contribution in [-0.4, -0.2) is 24.5 Å². The van der Waals surface area contributed by atoms with Crippen molar-refractivity contribution in [2.45, 2.75) is 19.2 Å². The highest BCUT2D eigenvalue weighted by Gasteiger charge is 2.32. The molecule has 0 bridgehead atoms. The van der Waals surface area contributed by atoms with Crippen molar-refractivity contribution >= 4 is 17.9 Å². The average Bonchev–Trinajstić information content (AvgIpc) is 2.66. The second-order valence-electron chi connectivity index (χ2n) is 5.62. The number of nitrogens with one attached hydrogen (secondary N) is 2. The molecular formula is C19H17F3N2O4. The molecule has 28 heavy (non-hydrogen) atoms. The van der Waals surface area contributed by atoms with E-state index in [4.69, 9.17) is 4.74 Å². The molecule has 0 aliphatic heterocycles. The monoisotopic (exact) mass is 394 g/mol. The summed E-state index contributed by atoms with van der Waals surface area (Å²) >= 11 is 0. The highest BCUT2D eigenvalue weighted by atomic mass is 19.4. The Kier molecular flexibility index (Phi) is 6.75. The van der Waals surface area contributed by atoms with Gasteiger partial charge in [-0.2, -0.15) is 13.2 Å². The third kappa shape index (κ3) is 5.57. The van der Waals surface area contributed by atoms with Crippen LogP contribution in [0.2, 0.25) is 0 Å². The molecule has 0 saturated carbocycles. The van der Waals surface area contributed by atoms with Gasteiger partial charge in [0, 0.05) is 12.1 Å². The number of hydrogen-bond donors (Lipinski definition) is 2. The van der Waals surface area contributed by atoms with E-state index < -0.39 is 35.8 Å². The molecule has 148 valence electrons. The number of urea groups is 1. The Balaban J connectivity index is 2.26.